The molecule has 0 spiro atoms. The second-order valence-corrected chi connectivity index (χ2v) is 5.20. The van der Waals surface area contributed by atoms with Crippen LogP contribution in [-0.2, 0) is 11.3 Å². The maximum Gasteiger partial charge on any atom is 0.101 e. The molecular weight excluding hydrogens is 250 g/mol. The fourth-order valence-electron chi connectivity index (χ4n) is 2.63. The van der Waals surface area contributed by atoms with Gasteiger partial charge in [-0.05, 0) is 37.1 Å². The number of anilines is 1. The minimum Gasteiger partial charge on any atom is -0.381 e. The summed E-state index contributed by atoms with van der Waals surface area (Å²) in [5.41, 5.74) is 2.95. The summed E-state index contributed by atoms with van der Waals surface area (Å²) in [6, 6.07) is 8.97. The molecule has 1 saturated heterocycles. The van der Waals surface area contributed by atoms with Gasteiger partial charge in [0.05, 0.1) is 11.3 Å². The van der Waals surface area contributed by atoms with E-state index in [-0.39, 0.29) is 0 Å². The van der Waals surface area contributed by atoms with E-state index in [1.54, 1.807) is 0 Å². The Balaban J connectivity index is 2.15. The molecule has 108 valence electrons. The first-order valence-corrected chi connectivity index (χ1v) is 7.30. The summed E-state index contributed by atoms with van der Waals surface area (Å²) in [5.74, 6) is 0. The van der Waals surface area contributed by atoms with Gasteiger partial charge in [-0.2, -0.15) is 5.26 Å². The van der Waals surface area contributed by atoms with Crippen molar-refractivity contribution in [2.75, 3.05) is 31.7 Å². The third kappa shape index (κ3) is 3.50. The van der Waals surface area contributed by atoms with Gasteiger partial charge in [-0.3, -0.25) is 0 Å². The van der Waals surface area contributed by atoms with Gasteiger partial charge < -0.3 is 15.0 Å². The second kappa shape index (κ2) is 7.28. The molecule has 1 heterocycles. The highest BCUT2D eigenvalue weighted by Gasteiger charge is 2.20. The zero-order chi connectivity index (χ0) is 14.4. The van der Waals surface area contributed by atoms with Crippen molar-refractivity contribution in [3.05, 3.63) is 29.3 Å². The molecule has 0 aromatic heterocycles. The molecule has 1 aromatic carbocycles. The number of ether oxygens (including phenoxy) is 1. The van der Waals surface area contributed by atoms with Crippen LogP contribution in [0.25, 0.3) is 0 Å². The topological polar surface area (TPSA) is 48.3 Å². The van der Waals surface area contributed by atoms with Gasteiger partial charge in [0.25, 0.3) is 0 Å². The van der Waals surface area contributed by atoms with Gasteiger partial charge in [0.15, 0.2) is 0 Å². The van der Waals surface area contributed by atoms with Crippen molar-refractivity contribution in [1.29, 1.82) is 5.26 Å². The fourth-order valence-corrected chi connectivity index (χ4v) is 2.63. The van der Waals surface area contributed by atoms with Crippen molar-refractivity contribution in [2.24, 2.45) is 0 Å². The molecule has 0 bridgehead atoms. The first kappa shape index (κ1) is 14.8. The minimum absolute atomic E-state index is 0.468. The Morgan fingerprint density at radius 3 is 2.80 bits per heavy atom. The van der Waals surface area contributed by atoms with Gasteiger partial charge in [0.2, 0.25) is 0 Å². The van der Waals surface area contributed by atoms with Crippen LogP contribution < -0.4 is 10.2 Å². The summed E-state index contributed by atoms with van der Waals surface area (Å²) in [7, 11) is 2.08. The SMILES string of the molecule is CCNCc1ccc(N(C)C2CCOCC2)c(C#N)c1. The van der Waals surface area contributed by atoms with Gasteiger partial charge in [0, 0.05) is 32.8 Å². The van der Waals surface area contributed by atoms with Crippen molar-refractivity contribution in [2.45, 2.75) is 32.4 Å². The lowest BCUT2D eigenvalue weighted by Gasteiger charge is -2.33. The third-order valence-corrected chi connectivity index (χ3v) is 3.88. The molecule has 1 N–H and O–H groups in total. The Morgan fingerprint density at radius 1 is 1.40 bits per heavy atom. The van der Waals surface area contributed by atoms with Crippen molar-refractivity contribution < 1.29 is 4.74 Å². The van der Waals surface area contributed by atoms with Crippen LogP contribution in [0.1, 0.15) is 30.9 Å². The molecule has 4 heteroatoms. The number of rotatable bonds is 5. The molecule has 1 fully saturated rings. The largest absolute Gasteiger partial charge is 0.381 e. The summed E-state index contributed by atoms with van der Waals surface area (Å²) >= 11 is 0. The van der Waals surface area contributed by atoms with Crippen LogP contribution in [0.3, 0.4) is 0 Å². The van der Waals surface area contributed by atoms with Gasteiger partial charge in [-0.15, -0.1) is 0 Å². The van der Waals surface area contributed by atoms with Crippen LogP contribution in [-0.4, -0.2) is 32.8 Å². The van der Waals surface area contributed by atoms with E-state index >= 15 is 0 Å². The summed E-state index contributed by atoms with van der Waals surface area (Å²) in [6.07, 6.45) is 2.06. The smallest absolute Gasteiger partial charge is 0.101 e. The lowest BCUT2D eigenvalue weighted by molar-refractivity contribution is 0.0855. The van der Waals surface area contributed by atoms with Crippen molar-refractivity contribution in [3.8, 4) is 6.07 Å². The van der Waals surface area contributed by atoms with E-state index in [9.17, 15) is 5.26 Å². The van der Waals surface area contributed by atoms with Gasteiger partial charge in [-0.25, -0.2) is 0 Å². The van der Waals surface area contributed by atoms with Crippen LogP contribution in [0, 0.1) is 11.3 Å². The standard InChI is InChI=1S/C16H23N3O/c1-3-18-12-13-4-5-16(14(10-13)11-17)19(2)15-6-8-20-9-7-15/h4-5,10,15,18H,3,6-9,12H2,1-2H3. The van der Waals surface area contributed by atoms with Crippen LogP contribution >= 0.6 is 0 Å². The Morgan fingerprint density at radius 2 is 2.15 bits per heavy atom. The van der Waals surface area contributed by atoms with Crippen LogP contribution in [0.2, 0.25) is 0 Å². The van der Waals surface area contributed by atoms with Gasteiger partial charge >= 0.3 is 0 Å². The monoisotopic (exact) mass is 273 g/mol. The van der Waals surface area contributed by atoms with E-state index < -0.39 is 0 Å². The van der Waals surface area contributed by atoms with E-state index in [1.165, 1.54) is 0 Å². The third-order valence-electron chi connectivity index (χ3n) is 3.88. The molecule has 0 unspecified atom stereocenters. The molecule has 1 aliphatic rings. The van der Waals surface area contributed by atoms with Crippen molar-refractivity contribution in [1.82, 2.24) is 5.32 Å². The number of hydrogen-bond donors (Lipinski definition) is 1. The van der Waals surface area contributed by atoms with E-state index in [0.29, 0.717) is 6.04 Å². The number of nitrogens with zero attached hydrogens (tertiary/aromatic N) is 2. The van der Waals surface area contributed by atoms with Gasteiger partial charge in [0.1, 0.15) is 6.07 Å². The zero-order valence-corrected chi connectivity index (χ0v) is 12.4. The van der Waals surface area contributed by atoms with Crippen LogP contribution in [0.4, 0.5) is 5.69 Å². The molecular formula is C16H23N3O. The molecule has 0 atom stereocenters. The predicted molar refractivity (Wildman–Crippen MR) is 80.8 cm³/mol. The summed E-state index contributed by atoms with van der Waals surface area (Å²) in [5, 5.41) is 12.7. The molecule has 0 radical (unpaired) electrons. The first-order chi connectivity index (χ1) is 9.76. The normalized spacial score (nSPS) is 15.8. The molecule has 4 nitrogen and oxygen atoms in total. The molecule has 1 aliphatic heterocycles. The number of nitriles is 1. The molecule has 0 aliphatic carbocycles. The molecule has 0 saturated carbocycles. The summed E-state index contributed by atoms with van der Waals surface area (Å²) < 4.78 is 5.41. The molecule has 2 rings (SSSR count). The highest BCUT2D eigenvalue weighted by atomic mass is 16.5. The Bertz CT molecular complexity index is 475. The van der Waals surface area contributed by atoms with E-state index in [4.69, 9.17) is 4.74 Å². The summed E-state index contributed by atoms with van der Waals surface area (Å²) in [4.78, 5) is 2.23. The number of hydrogen-bond acceptors (Lipinski definition) is 4. The highest BCUT2D eigenvalue weighted by Crippen LogP contribution is 2.25. The highest BCUT2D eigenvalue weighted by molar-refractivity contribution is 5.60. The second-order valence-electron chi connectivity index (χ2n) is 5.20. The molecule has 20 heavy (non-hydrogen) atoms. The van der Waals surface area contributed by atoms with Crippen LogP contribution in [0.15, 0.2) is 18.2 Å². The first-order valence-electron chi connectivity index (χ1n) is 7.30. The lowest BCUT2D eigenvalue weighted by Crippen LogP contribution is -2.37. The Labute approximate surface area is 121 Å². The number of nitrogens with one attached hydrogen (secondary N) is 1. The Kier molecular flexibility index (Phi) is 5.40. The Hall–Kier alpha value is -1.57. The van der Waals surface area contributed by atoms with Crippen molar-refractivity contribution >= 4 is 5.69 Å². The van der Waals surface area contributed by atoms with Crippen molar-refractivity contribution in [3.63, 3.8) is 0 Å². The van der Waals surface area contributed by atoms with E-state index in [1.807, 2.05) is 6.07 Å². The molecule has 1 aromatic rings. The average Bonchev–Trinajstić information content (AvgIpc) is 2.52. The maximum absolute atomic E-state index is 9.39. The molecule has 0 amide bonds. The maximum atomic E-state index is 9.39. The average molecular weight is 273 g/mol. The van der Waals surface area contributed by atoms with E-state index in [0.717, 1.165) is 56.0 Å². The predicted octanol–water partition coefficient (Wildman–Crippen LogP) is 2.28. The minimum atomic E-state index is 0.468. The van der Waals surface area contributed by atoms with E-state index in [2.05, 4.69) is 42.4 Å². The fraction of sp³-hybridized carbons (Fsp3) is 0.562. The zero-order valence-electron chi connectivity index (χ0n) is 12.4. The number of benzene rings is 1. The van der Waals surface area contributed by atoms with Crippen LogP contribution in [0.5, 0.6) is 0 Å². The summed E-state index contributed by atoms with van der Waals surface area (Å²) in [6.45, 7) is 5.46. The van der Waals surface area contributed by atoms with Gasteiger partial charge in [-0.1, -0.05) is 13.0 Å². The lowest BCUT2D eigenvalue weighted by atomic mass is 10.0. The quantitative estimate of drug-likeness (QED) is 0.894.